The Labute approximate surface area is 416 Å². The van der Waals surface area contributed by atoms with Crippen molar-refractivity contribution in [1.82, 2.24) is 0 Å². The van der Waals surface area contributed by atoms with Crippen LogP contribution < -0.4 is 30.5 Å². The summed E-state index contributed by atoms with van der Waals surface area (Å²) in [6.07, 6.45) is 0. The standard InChI is InChI=1S/C68H50N2Si/c1-68(2,3)49-40-47-36-38-58-62-44-63(59-39-37-48(41-49)66(47)67(58)59)70(61-33-15-11-29-55(61)46-22-8-5-9-23-46)51-25-19-27-53(43-51)71(64-34-16-12-30-56(64)57-31-13-17-35-65(57)71)52-26-18-24-50(42-52)69(62)60-32-14-10-28-54(60)45-20-6-4-7-21-45/h4-44H,1-3H3. The molecule has 0 unspecified atom stereocenters. The number of benzene rings is 12. The fourth-order valence-corrected chi connectivity index (χ4v) is 17.6. The lowest BCUT2D eigenvalue weighted by Crippen LogP contribution is -2.72. The van der Waals surface area contributed by atoms with Crippen molar-refractivity contribution in [3.05, 3.63) is 254 Å². The summed E-state index contributed by atoms with van der Waals surface area (Å²) in [6, 6.07) is 94.6. The molecule has 2 aliphatic heterocycles. The third kappa shape index (κ3) is 6.19. The molecule has 0 aromatic heterocycles. The zero-order valence-corrected chi connectivity index (χ0v) is 41.1. The summed E-state index contributed by atoms with van der Waals surface area (Å²) in [5, 5.41) is 13.1. The average Bonchev–Trinajstić information content (AvgIpc) is 3.73. The van der Waals surface area contributed by atoms with Gasteiger partial charge < -0.3 is 9.80 Å². The molecule has 12 aromatic rings. The molecule has 0 saturated carbocycles. The Balaban J connectivity index is 1.20. The highest BCUT2D eigenvalue weighted by molar-refractivity contribution is 7.22. The number of hydrogen-bond acceptors (Lipinski definition) is 2. The molecule has 0 fully saturated rings. The molecule has 0 N–H and O–H groups in total. The van der Waals surface area contributed by atoms with Crippen LogP contribution in [0.4, 0.5) is 34.1 Å². The van der Waals surface area contributed by atoms with Gasteiger partial charge in [0.15, 0.2) is 8.07 Å². The molecule has 0 radical (unpaired) electrons. The molecule has 0 saturated heterocycles. The van der Waals surface area contributed by atoms with Gasteiger partial charge in [-0.25, -0.2) is 0 Å². The molecule has 71 heavy (non-hydrogen) atoms. The maximum absolute atomic E-state index is 3.01. The van der Waals surface area contributed by atoms with E-state index < -0.39 is 8.07 Å². The van der Waals surface area contributed by atoms with Crippen molar-refractivity contribution in [2.75, 3.05) is 9.80 Å². The van der Waals surface area contributed by atoms with E-state index in [0.717, 1.165) is 34.1 Å². The smallest absolute Gasteiger partial charge is 0.181 e. The van der Waals surface area contributed by atoms with Crippen molar-refractivity contribution in [3.63, 3.8) is 0 Å². The first-order valence-corrected chi connectivity index (χ1v) is 26.9. The van der Waals surface area contributed by atoms with E-state index in [1.807, 2.05) is 0 Å². The second-order valence-corrected chi connectivity index (χ2v) is 24.2. The SMILES string of the molecule is CC(C)(C)c1cc2ccc3c4cc(c5ccc(c1)c2c35)N(c1ccccc1-c1ccccc1)c1cccc(c1)[Si]1(c2cccc(c2)N4c2ccccc2-c2ccccc2)c2ccccc2-c2ccccc21. The molecule has 14 rings (SSSR count). The van der Waals surface area contributed by atoms with Gasteiger partial charge in [0, 0.05) is 38.7 Å². The van der Waals surface area contributed by atoms with Gasteiger partial charge in [-0.3, -0.25) is 0 Å². The third-order valence-electron chi connectivity index (χ3n) is 15.5. The van der Waals surface area contributed by atoms with Crippen molar-refractivity contribution in [2.45, 2.75) is 26.2 Å². The summed E-state index contributed by atoms with van der Waals surface area (Å²) in [5.74, 6) is 0. The number of hydrogen-bond donors (Lipinski definition) is 0. The van der Waals surface area contributed by atoms with Gasteiger partial charge >= 0.3 is 0 Å². The van der Waals surface area contributed by atoms with Gasteiger partial charge in [-0.2, -0.15) is 0 Å². The van der Waals surface area contributed by atoms with Crippen molar-refractivity contribution in [1.29, 1.82) is 0 Å². The minimum atomic E-state index is -3.01. The highest BCUT2D eigenvalue weighted by Gasteiger charge is 2.49. The molecular weight excluding hydrogens is 873 g/mol. The summed E-state index contributed by atoms with van der Waals surface area (Å²) >= 11 is 0. The van der Waals surface area contributed by atoms with Crippen LogP contribution in [-0.4, -0.2) is 8.07 Å². The summed E-state index contributed by atoms with van der Waals surface area (Å²) in [4.78, 5) is 5.18. The minimum Gasteiger partial charge on any atom is -0.309 e. The normalized spacial score (nSPS) is 13.6. The van der Waals surface area contributed by atoms with Crippen LogP contribution in [0, 0.1) is 0 Å². The van der Waals surface area contributed by atoms with E-state index in [0.29, 0.717) is 0 Å². The summed E-state index contributed by atoms with van der Waals surface area (Å²) in [6.45, 7) is 6.97. The van der Waals surface area contributed by atoms with Gasteiger partial charge in [-0.15, -0.1) is 0 Å². The van der Waals surface area contributed by atoms with Crippen LogP contribution in [0.25, 0.3) is 65.7 Å². The molecule has 1 spiro atoms. The Kier molecular flexibility index (Phi) is 9.21. The van der Waals surface area contributed by atoms with E-state index in [9.17, 15) is 0 Å². The van der Waals surface area contributed by atoms with Crippen molar-refractivity contribution in [2.24, 2.45) is 0 Å². The molecule has 3 heteroatoms. The predicted octanol–water partition coefficient (Wildman–Crippen LogP) is 15.8. The minimum absolute atomic E-state index is 0.0124. The number of rotatable bonds is 4. The number of para-hydroxylation sites is 2. The van der Waals surface area contributed by atoms with Gasteiger partial charge in [-0.1, -0.05) is 227 Å². The Morgan fingerprint density at radius 1 is 0.324 bits per heavy atom. The quantitative estimate of drug-likeness (QED) is 0.128. The average molecular weight is 923 g/mol. The van der Waals surface area contributed by atoms with Crippen LogP contribution >= 0.6 is 0 Å². The number of anilines is 6. The third-order valence-corrected chi connectivity index (χ3v) is 20.3. The lowest BCUT2D eigenvalue weighted by atomic mass is 9.83. The second kappa shape index (κ2) is 15.8. The van der Waals surface area contributed by atoms with Crippen LogP contribution in [0.15, 0.2) is 249 Å². The Morgan fingerprint density at radius 2 is 0.746 bits per heavy atom. The largest absolute Gasteiger partial charge is 0.309 e. The van der Waals surface area contributed by atoms with E-state index in [2.05, 4.69) is 279 Å². The van der Waals surface area contributed by atoms with E-state index >= 15 is 0 Å². The fraction of sp³-hybridized carbons (Fsp3) is 0.0588. The lowest BCUT2D eigenvalue weighted by molar-refractivity contribution is 0.591. The number of fused-ring (bicyclic) bond motifs is 15. The topological polar surface area (TPSA) is 6.48 Å². The summed E-state index contributed by atoms with van der Waals surface area (Å²) < 4.78 is 0. The molecule has 0 amide bonds. The zero-order valence-electron chi connectivity index (χ0n) is 40.1. The van der Waals surface area contributed by atoms with Crippen LogP contribution in [0.5, 0.6) is 0 Å². The lowest BCUT2D eigenvalue weighted by Gasteiger charge is -2.37. The molecule has 2 heterocycles. The van der Waals surface area contributed by atoms with Crippen molar-refractivity contribution in [3.8, 4) is 33.4 Å². The van der Waals surface area contributed by atoms with Crippen LogP contribution in [0.1, 0.15) is 26.3 Å². The first-order chi connectivity index (χ1) is 34.9. The zero-order chi connectivity index (χ0) is 47.4. The van der Waals surface area contributed by atoms with Crippen molar-refractivity contribution < 1.29 is 0 Å². The molecule has 12 aromatic carbocycles. The first kappa shape index (κ1) is 41.5. The highest BCUT2D eigenvalue weighted by Crippen LogP contribution is 2.53. The maximum Gasteiger partial charge on any atom is 0.181 e. The molecule has 0 aliphatic carbocycles. The Morgan fingerprint density at radius 3 is 1.21 bits per heavy atom. The molecule has 2 aliphatic rings. The molecule has 6 bridgehead atoms. The van der Waals surface area contributed by atoms with E-state index in [-0.39, 0.29) is 5.41 Å². The van der Waals surface area contributed by atoms with Crippen LogP contribution in [-0.2, 0) is 5.41 Å². The Bertz CT molecular complexity index is 3810. The van der Waals surface area contributed by atoms with E-state index in [1.54, 1.807) is 0 Å². The molecular formula is C68H50N2Si. The highest BCUT2D eigenvalue weighted by atomic mass is 28.3. The predicted molar refractivity (Wildman–Crippen MR) is 305 cm³/mol. The van der Waals surface area contributed by atoms with Crippen LogP contribution in [0.2, 0.25) is 0 Å². The van der Waals surface area contributed by atoms with Gasteiger partial charge in [0.05, 0.1) is 22.7 Å². The van der Waals surface area contributed by atoms with Gasteiger partial charge in [-0.05, 0) is 113 Å². The second-order valence-electron chi connectivity index (χ2n) is 20.4. The monoisotopic (exact) mass is 922 g/mol. The molecule has 336 valence electrons. The van der Waals surface area contributed by atoms with E-state index in [4.69, 9.17) is 0 Å². The van der Waals surface area contributed by atoms with Crippen LogP contribution in [0.3, 0.4) is 0 Å². The molecule has 2 nitrogen and oxygen atoms in total. The maximum atomic E-state index is 2.59. The summed E-state index contributed by atoms with van der Waals surface area (Å²) in [5.41, 5.74) is 15.5. The van der Waals surface area contributed by atoms with Gasteiger partial charge in [0.25, 0.3) is 0 Å². The van der Waals surface area contributed by atoms with Gasteiger partial charge in [0.1, 0.15) is 0 Å². The van der Waals surface area contributed by atoms with E-state index in [1.165, 1.54) is 92.0 Å². The fourth-order valence-electron chi connectivity index (χ4n) is 12.3. The molecule has 0 atom stereocenters. The Hall–Kier alpha value is -8.50. The first-order valence-electron chi connectivity index (χ1n) is 24.9. The van der Waals surface area contributed by atoms with Gasteiger partial charge in [0.2, 0.25) is 0 Å². The number of nitrogens with zero attached hydrogens (tertiary/aromatic N) is 2. The van der Waals surface area contributed by atoms with Crippen molar-refractivity contribution >= 4 is 95.3 Å². The summed E-state index contributed by atoms with van der Waals surface area (Å²) in [7, 11) is -3.01.